The van der Waals surface area contributed by atoms with Crippen LogP contribution in [-0.2, 0) is 43.0 Å². The third-order valence-electron chi connectivity index (χ3n) is 18.7. The lowest BCUT2D eigenvalue weighted by Gasteiger charge is -2.41. The summed E-state index contributed by atoms with van der Waals surface area (Å²) < 4.78 is 5.90. The summed E-state index contributed by atoms with van der Waals surface area (Å²) in [4.78, 5) is 75.1. The Labute approximate surface area is 607 Å². The number of urea groups is 1. The minimum atomic E-state index is -1.50. The zero-order chi connectivity index (χ0) is 72.2. The number of likely N-dealkylation sites (tertiary alicyclic amines) is 1. The fourth-order valence-electron chi connectivity index (χ4n) is 13.4. The van der Waals surface area contributed by atoms with Gasteiger partial charge in [0.25, 0.3) is 11.8 Å². The van der Waals surface area contributed by atoms with Gasteiger partial charge in [-0.05, 0) is 147 Å². The summed E-state index contributed by atoms with van der Waals surface area (Å²) in [6.07, 6.45) is 1.30. The standard InChI is InChI=1S/C37H48N4O5.C29H33ClN2O2.C15H10Cl2N2O2/c1-25(2)34(41-20-12-19-38-37(41)45)36(44)39-30(21-28-15-7-5-8-16-28)23-32(42)31(22-29-17-9-6-10-18-29)40-33(43)24-46-35-26(3)13-11-14-27(35)4;1-31(2)27(33)29(24-9-5-3-6-10-24,25-11-7-4-8-12-25)19-22-32-20-17-28(34,18-21-32)23-13-15-26(30)16-14-23;16-8-5-6-12-10(7-8)13(19-15(21)14(20)18-12)9-3-1-2-4-11(9)17/h5-11,13-18,25,30-32,34,42H,12,19-24H2,1-4H3,(H,38,45)(H,39,44)(H,40,43);3-16,34H,17-22H2,1-2H3;1-7,15,21H,(H,18,20)/t30-,31-,32-,34-;;/m0../s1. The largest absolute Gasteiger partial charge is 0.483 e. The van der Waals surface area contributed by atoms with Crippen LogP contribution < -0.4 is 26.0 Å². The number of aliphatic hydroxyl groups is 3. The number of ether oxygens (including phenoxy) is 1. The summed E-state index contributed by atoms with van der Waals surface area (Å²) in [5.41, 5.74) is 7.36. The van der Waals surface area contributed by atoms with Gasteiger partial charge in [-0.2, -0.15) is 0 Å². The number of fused-ring (bicyclic) bond motifs is 1. The number of anilines is 1. The average molecular weight is 1430 g/mol. The van der Waals surface area contributed by atoms with Gasteiger partial charge in [0.15, 0.2) is 6.61 Å². The van der Waals surface area contributed by atoms with Gasteiger partial charge in [0.2, 0.25) is 18.0 Å². The van der Waals surface area contributed by atoms with Crippen molar-refractivity contribution in [2.24, 2.45) is 10.9 Å². The van der Waals surface area contributed by atoms with E-state index in [9.17, 15) is 39.3 Å². The second kappa shape index (κ2) is 36.1. The highest BCUT2D eigenvalue weighted by atomic mass is 35.5. The summed E-state index contributed by atoms with van der Waals surface area (Å²) >= 11 is 18.3. The van der Waals surface area contributed by atoms with Crippen LogP contribution in [0.2, 0.25) is 15.1 Å². The van der Waals surface area contributed by atoms with E-state index < -0.39 is 47.4 Å². The second-order valence-corrected chi connectivity index (χ2v) is 27.8. The number of aliphatic imine (C=N–C) groups is 1. The zero-order valence-electron chi connectivity index (χ0n) is 58.0. The molecule has 7 N–H and O–H groups in total. The predicted molar refractivity (Wildman–Crippen MR) is 401 cm³/mol. The van der Waals surface area contributed by atoms with Crippen molar-refractivity contribution in [3.05, 3.63) is 271 Å². The molecule has 20 heteroatoms. The first-order valence-corrected chi connectivity index (χ1v) is 35.4. The third-order valence-corrected chi connectivity index (χ3v) is 19.5. The molecule has 530 valence electrons. The number of piperidine rings is 1. The van der Waals surface area contributed by atoms with Crippen LogP contribution in [0, 0.1) is 19.8 Å². The number of para-hydroxylation sites is 1. The van der Waals surface area contributed by atoms with E-state index in [0.29, 0.717) is 88.5 Å². The Morgan fingerprint density at radius 2 is 1.27 bits per heavy atom. The van der Waals surface area contributed by atoms with Crippen LogP contribution in [0.15, 0.2) is 211 Å². The average Bonchev–Trinajstić information content (AvgIpc) is 1.08. The van der Waals surface area contributed by atoms with Crippen LogP contribution in [0.3, 0.4) is 0 Å². The highest BCUT2D eigenvalue weighted by molar-refractivity contribution is 6.37. The number of benzodiazepines with no additional fused rings is 1. The van der Waals surface area contributed by atoms with Crippen molar-refractivity contribution >= 4 is 75.9 Å². The van der Waals surface area contributed by atoms with Crippen LogP contribution >= 0.6 is 34.8 Å². The van der Waals surface area contributed by atoms with E-state index in [2.05, 4.69) is 55.4 Å². The fraction of sp³-hybridized carbons (Fsp3) is 0.333. The molecule has 1 unspecified atom stereocenters. The molecular formula is C81H91Cl3N8O9. The highest BCUT2D eigenvalue weighted by Crippen LogP contribution is 2.40. The van der Waals surface area contributed by atoms with Crippen molar-refractivity contribution < 1.29 is 44.0 Å². The molecule has 0 radical (unpaired) electrons. The quantitative estimate of drug-likeness (QED) is 0.0321. The molecule has 6 amide bonds. The Morgan fingerprint density at radius 3 is 1.84 bits per heavy atom. The Balaban J connectivity index is 0.000000189. The topological polar surface area (TPSA) is 225 Å². The Bertz CT molecular complexity index is 4030. The van der Waals surface area contributed by atoms with Gasteiger partial charge in [-0.1, -0.05) is 219 Å². The van der Waals surface area contributed by atoms with Crippen molar-refractivity contribution in [3.63, 3.8) is 0 Å². The minimum Gasteiger partial charge on any atom is -0.483 e. The molecule has 3 aliphatic heterocycles. The smallest absolute Gasteiger partial charge is 0.318 e. The molecule has 2 saturated heterocycles. The molecule has 3 aliphatic rings. The maximum absolute atomic E-state index is 13.8. The van der Waals surface area contributed by atoms with Crippen LogP contribution in [0.1, 0.15) is 96.0 Å². The first kappa shape index (κ1) is 76.3. The molecule has 8 aromatic carbocycles. The monoisotopic (exact) mass is 1420 g/mol. The normalized spacial score (nSPS) is 16.3. The number of halogens is 3. The summed E-state index contributed by atoms with van der Waals surface area (Å²) in [5.74, 6) is -0.563. The predicted octanol–water partition coefficient (Wildman–Crippen LogP) is 12.5. The highest BCUT2D eigenvalue weighted by Gasteiger charge is 2.44. The van der Waals surface area contributed by atoms with Crippen molar-refractivity contribution in [1.29, 1.82) is 0 Å². The van der Waals surface area contributed by atoms with Gasteiger partial charge in [-0.25, -0.2) is 9.79 Å². The second-order valence-electron chi connectivity index (χ2n) is 26.5. The molecule has 2 fully saturated rings. The van der Waals surface area contributed by atoms with E-state index in [1.807, 2.05) is 181 Å². The number of amides is 6. The van der Waals surface area contributed by atoms with Crippen LogP contribution in [0.5, 0.6) is 5.75 Å². The summed E-state index contributed by atoms with van der Waals surface area (Å²) in [5, 5.41) is 46.1. The van der Waals surface area contributed by atoms with Crippen molar-refractivity contribution in [2.75, 3.05) is 58.7 Å². The number of aryl methyl sites for hydroxylation is 2. The molecule has 17 nitrogen and oxygen atoms in total. The first-order chi connectivity index (χ1) is 48.5. The number of nitrogens with zero attached hydrogens (tertiary/aromatic N) is 4. The molecule has 101 heavy (non-hydrogen) atoms. The Hall–Kier alpha value is -8.91. The Kier molecular flexibility index (Phi) is 27.3. The molecule has 0 aromatic heterocycles. The van der Waals surface area contributed by atoms with Crippen molar-refractivity contribution in [1.82, 2.24) is 30.7 Å². The minimum absolute atomic E-state index is 0.0829. The van der Waals surface area contributed by atoms with Gasteiger partial charge in [0.1, 0.15) is 17.2 Å². The van der Waals surface area contributed by atoms with Gasteiger partial charge < -0.3 is 56.0 Å². The van der Waals surface area contributed by atoms with Gasteiger partial charge in [-0.3, -0.25) is 19.2 Å². The molecule has 5 atom stereocenters. The van der Waals surface area contributed by atoms with Gasteiger partial charge in [0, 0.05) is 72.5 Å². The number of nitrogens with one attached hydrogen (secondary N) is 4. The molecule has 0 aliphatic carbocycles. The number of rotatable bonds is 23. The molecule has 0 spiro atoms. The number of hydrogen-bond acceptors (Lipinski definition) is 11. The number of likely N-dealkylation sites (N-methyl/N-ethyl adjacent to an activating group) is 1. The number of hydrogen-bond donors (Lipinski definition) is 7. The van der Waals surface area contributed by atoms with E-state index in [-0.39, 0.29) is 42.7 Å². The van der Waals surface area contributed by atoms with E-state index in [1.165, 1.54) is 0 Å². The molecular weight excluding hydrogens is 1340 g/mol. The van der Waals surface area contributed by atoms with E-state index in [0.717, 1.165) is 65.0 Å². The number of carbonyl (C=O) groups is 5. The van der Waals surface area contributed by atoms with Crippen LogP contribution in [-0.4, -0.2) is 149 Å². The van der Waals surface area contributed by atoms with Crippen molar-refractivity contribution in [3.8, 4) is 5.75 Å². The van der Waals surface area contributed by atoms with E-state index in [1.54, 1.807) is 52.3 Å². The fourth-order valence-corrected chi connectivity index (χ4v) is 13.9. The molecule has 3 heterocycles. The van der Waals surface area contributed by atoms with Gasteiger partial charge >= 0.3 is 6.03 Å². The number of benzene rings is 8. The van der Waals surface area contributed by atoms with E-state index in [4.69, 9.17) is 39.5 Å². The van der Waals surface area contributed by atoms with Gasteiger partial charge in [-0.15, -0.1) is 0 Å². The van der Waals surface area contributed by atoms with Gasteiger partial charge in [0.05, 0.1) is 29.1 Å². The number of carbonyl (C=O) groups excluding carboxylic acids is 5. The van der Waals surface area contributed by atoms with Crippen LogP contribution in [0.4, 0.5) is 10.5 Å². The zero-order valence-corrected chi connectivity index (χ0v) is 60.3. The molecule has 0 bridgehead atoms. The maximum Gasteiger partial charge on any atom is 0.318 e. The van der Waals surface area contributed by atoms with E-state index >= 15 is 0 Å². The first-order valence-electron chi connectivity index (χ1n) is 34.3. The lowest BCUT2D eigenvalue weighted by Crippen LogP contribution is -2.59. The maximum atomic E-state index is 13.8. The summed E-state index contributed by atoms with van der Waals surface area (Å²) in [6, 6.07) is 63.1. The third kappa shape index (κ3) is 20.2. The van der Waals surface area contributed by atoms with Crippen LogP contribution in [0.25, 0.3) is 0 Å². The summed E-state index contributed by atoms with van der Waals surface area (Å²) in [7, 11) is 3.66. The lowest BCUT2D eigenvalue weighted by molar-refractivity contribution is -0.134. The summed E-state index contributed by atoms with van der Waals surface area (Å²) in [6.45, 7) is 10.9. The lowest BCUT2D eigenvalue weighted by atomic mass is 9.70. The Morgan fingerprint density at radius 1 is 0.703 bits per heavy atom. The molecule has 11 rings (SSSR count). The SMILES string of the molecule is CN(C)C(=O)C(CCN1CCC(O)(c2ccc(Cl)cc2)CC1)(c1ccccc1)c1ccccc1.Cc1cccc(C)c1OCC(=O)N[C@@H](Cc1ccccc1)[C@@H](O)C[C@H](Cc1ccccc1)NC(=O)[C@H](C(C)C)N1CCCNC1=O.O=C1Nc2ccc(Cl)cc2C(c2ccccc2Cl)=NC1O. The molecule has 0 saturated carbocycles. The van der Waals surface area contributed by atoms with Crippen molar-refractivity contribution in [2.45, 2.75) is 114 Å². The number of aliphatic hydroxyl groups excluding tert-OH is 2. The molecule has 8 aromatic rings.